The number of aryl methyl sites for hydroxylation is 1. The summed E-state index contributed by atoms with van der Waals surface area (Å²) in [5, 5.41) is 20.6. The first kappa shape index (κ1) is 8.81. The van der Waals surface area contributed by atoms with Crippen LogP contribution in [0.4, 0.5) is 0 Å². The van der Waals surface area contributed by atoms with Crippen LogP contribution in [-0.2, 0) is 6.42 Å². The molecule has 3 heteroatoms. The molecule has 0 saturated carbocycles. The molecule has 0 atom stereocenters. The Balaban J connectivity index is 2.87. The number of nitrogens with zero attached hydrogens (tertiary/aromatic N) is 1. The molecule has 1 aromatic carbocycles. The van der Waals surface area contributed by atoms with Crippen LogP contribution in [0.1, 0.15) is 12.6 Å². The minimum Gasteiger partial charge on any atom is -0.505 e. The fraction of sp³-hybridized carbons (Fsp3) is 0.182. The van der Waals surface area contributed by atoms with Crippen LogP contribution in [0, 0.1) is 0 Å². The quantitative estimate of drug-likeness (QED) is 0.723. The van der Waals surface area contributed by atoms with Crippen molar-refractivity contribution in [2.24, 2.45) is 0 Å². The lowest BCUT2D eigenvalue weighted by molar-refractivity contribution is 0.443. The van der Waals surface area contributed by atoms with E-state index in [-0.39, 0.29) is 11.6 Å². The topological polar surface area (TPSA) is 53.4 Å². The number of aromatic hydroxyl groups is 2. The molecule has 2 N–H and O–H groups in total. The highest BCUT2D eigenvalue weighted by atomic mass is 16.3. The second-order valence-electron chi connectivity index (χ2n) is 3.13. The van der Waals surface area contributed by atoms with E-state index in [1.807, 2.05) is 13.0 Å². The predicted octanol–water partition coefficient (Wildman–Crippen LogP) is 2.21. The molecule has 0 aliphatic heterocycles. The summed E-state index contributed by atoms with van der Waals surface area (Å²) < 4.78 is 0. The van der Waals surface area contributed by atoms with Gasteiger partial charge in [0, 0.05) is 10.8 Å². The summed E-state index contributed by atoms with van der Waals surface area (Å²) in [6.45, 7) is 1.89. The van der Waals surface area contributed by atoms with Crippen LogP contribution in [0.3, 0.4) is 0 Å². The number of hydrogen-bond donors (Lipinski definition) is 2. The van der Waals surface area contributed by atoms with E-state index >= 15 is 0 Å². The summed E-state index contributed by atoms with van der Waals surface area (Å²) in [5.41, 5.74) is 0.529. The van der Waals surface area contributed by atoms with Gasteiger partial charge in [0.1, 0.15) is 5.75 Å². The second-order valence-corrected chi connectivity index (χ2v) is 3.13. The molecule has 0 radical (unpaired) electrons. The Bertz CT molecular complexity index is 480. The van der Waals surface area contributed by atoms with Gasteiger partial charge in [-0.1, -0.05) is 25.1 Å². The molecule has 1 aromatic heterocycles. The third-order valence-corrected chi connectivity index (χ3v) is 2.27. The summed E-state index contributed by atoms with van der Waals surface area (Å²) in [4.78, 5) is 3.92. The van der Waals surface area contributed by atoms with Crippen molar-refractivity contribution in [3.63, 3.8) is 0 Å². The maximum absolute atomic E-state index is 9.80. The largest absolute Gasteiger partial charge is 0.505 e. The smallest absolute Gasteiger partial charge is 0.219 e. The average molecular weight is 189 g/mol. The van der Waals surface area contributed by atoms with Crippen LogP contribution in [0.5, 0.6) is 11.6 Å². The number of hydrogen-bond acceptors (Lipinski definition) is 3. The Kier molecular flexibility index (Phi) is 2.00. The van der Waals surface area contributed by atoms with Gasteiger partial charge < -0.3 is 10.2 Å². The van der Waals surface area contributed by atoms with Gasteiger partial charge in [-0.2, -0.15) is 0 Å². The SMILES string of the molecule is CCc1nc(O)c2ccccc2c1O. The van der Waals surface area contributed by atoms with Crippen LogP contribution in [0.25, 0.3) is 10.8 Å². The van der Waals surface area contributed by atoms with Crippen molar-refractivity contribution in [3.05, 3.63) is 30.0 Å². The van der Waals surface area contributed by atoms with Crippen LogP contribution in [0.15, 0.2) is 24.3 Å². The predicted molar refractivity (Wildman–Crippen MR) is 54.5 cm³/mol. The normalized spacial score (nSPS) is 10.6. The Morgan fingerprint density at radius 1 is 1.14 bits per heavy atom. The lowest BCUT2D eigenvalue weighted by Crippen LogP contribution is -1.89. The van der Waals surface area contributed by atoms with Crippen molar-refractivity contribution in [1.82, 2.24) is 4.98 Å². The van der Waals surface area contributed by atoms with Crippen LogP contribution in [-0.4, -0.2) is 15.2 Å². The number of rotatable bonds is 1. The lowest BCUT2D eigenvalue weighted by Gasteiger charge is -2.06. The zero-order valence-electron chi connectivity index (χ0n) is 7.86. The fourth-order valence-electron chi connectivity index (χ4n) is 1.53. The third kappa shape index (κ3) is 1.18. The highest BCUT2D eigenvalue weighted by Gasteiger charge is 2.10. The maximum atomic E-state index is 9.80. The van der Waals surface area contributed by atoms with Gasteiger partial charge in [0.2, 0.25) is 5.88 Å². The molecule has 0 aliphatic carbocycles. The maximum Gasteiger partial charge on any atom is 0.219 e. The zero-order valence-corrected chi connectivity index (χ0v) is 7.86. The molecule has 72 valence electrons. The van der Waals surface area contributed by atoms with E-state index in [1.165, 1.54) is 0 Å². The van der Waals surface area contributed by atoms with E-state index in [4.69, 9.17) is 0 Å². The van der Waals surface area contributed by atoms with Gasteiger partial charge in [0.05, 0.1) is 5.69 Å². The van der Waals surface area contributed by atoms with Gasteiger partial charge >= 0.3 is 0 Å². The number of aromatic nitrogens is 1. The lowest BCUT2D eigenvalue weighted by atomic mass is 10.1. The highest BCUT2D eigenvalue weighted by Crippen LogP contribution is 2.32. The van der Waals surface area contributed by atoms with Gasteiger partial charge in [-0.25, -0.2) is 4.98 Å². The summed E-state index contributed by atoms with van der Waals surface area (Å²) >= 11 is 0. The molecule has 2 aromatic rings. The van der Waals surface area contributed by atoms with Crippen molar-refractivity contribution in [2.45, 2.75) is 13.3 Å². The Labute approximate surface area is 81.7 Å². The fourth-order valence-corrected chi connectivity index (χ4v) is 1.53. The van der Waals surface area contributed by atoms with Crippen molar-refractivity contribution < 1.29 is 10.2 Å². The summed E-state index contributed by atoms with van der Waals surface area (Å²) in [7, 11) is 0. The summed E-state index contributed by atoms with van der Waals surface area (Å²) in [6, 6.07) is 7.12. The number of benzene rings is 1. The van der Waals surface area contributed by atoms with Gasteiger partial charge in [-0.05, 0) is 12.5 Å². The molecule has 2 rings (SSSR count). The first-order chi connectivity index (χ1) is 6.74. The zero-order chi connectivity index (χ0) is 10.1. The molecule has 0 unspecified atom stereocenters. The third-order valence-electron chi connectivity index (χ3n) is 2.27. The first-order valence-corrected chi connectivity index (χ1v) is 4.53. The molecule has 0 bridgehead atoms. The molecular weight excluding hydrogens is 178 g/mol. The van der Waals surface area contributed by atoms with E-state index in [9.17, 15) is 10.2 Å². The molecule has 0 saturated heterocycles. The first-order valence-electron chi connectivity index (χ1n) is 4.53. The van der Waals surface area contributed by atoms with Gasteiger partial charge in [0.25, 0.3) is 0 Å². The molecule has 0 aliphatic rings. The van der Waals surface area contributed by atoms with Crippen molar-refractivity contribution in [3.8, 4) is 11.6 Å². The molecule has 3 nitrogen and oxygen atoms in total. The van der Waals surface area contributed by atoms with E-state index in [0.29, 0.717) is 22.9 Å². The second kappa shape index (κ2) is 3.18. The van der Waals surface area contributed by atoms with E-state index < -0.39 is 0 Å². The minimum atomic E-state index is -0.0183. The number of pyridine rings is 1. The van der Waals surface area contributed by atoms with Crippen LogP contribution < -0.4 is 0 Å². The standard InChI is InChI=1S/C11H11NO2/c1-2-9-10(13)7-5-3-4-6-8(7)11(14)12-9/h3-6,13H,2H2,1H3,(H,12,14). The highest BCUT2D eigenvalue weighted by molar-refractivity contribution is 5.92. The molecule has 0 spiro atoms. The van der Waals surface area contributed by atoms with E-state index in [1.54, 1.807) is 18.2 Å². The Morgan fingerprint density at radius 2 is 1.79 bits per heavy atom. The summed E-state index contributed by atoms with van der Waals surface area (Å²) in [6.07, 6.45) is 0.601. The molecule has 0 amide bonds. The van der Waals surface area contributed by atoms with Crippen LogP contribution >= 0.6 is 0 Å². The van der Waals surface area contributed by atoms with Crippen LogP contribution in [0.2, 0.25) is 0 Å². The van der Waals surface area contributed by atoms with Crippen molar-refractivity contribution in [1.29, 1.82) is 0 Å². The van der Waals surface area contributed by atoms with E-state index in [0.717, 1.165) is 0 Å². The molecule has 1 heterocycles. The van der Waals surface area contributed by atoms with Gasteiger partial charge in [-0.3, -0.25) is 0 Å². The Morgan fingerprint density at radius 3 is 2.43 bits per heavy atom. The molecule has 14 heavy (non-hydrogen) atoms. The van der Waals surface area contributed by atoms with Gasteiger partial charge in [-0.15, -0.1) is 0 Å². The summed E-state index contributed by atoms with van der Waals surface area (Å²) in [5.74, 6) is 0.149. The Hall–Kier alpha value is -1.77. The monoisotopic (exact) mass is 189 g/mol. The van der Waals surface area contributed by atoms with E-state index in [2.05, 4.69) is 4.98 Å². The molecular formula is C11H11NO2. The minimum absolute atomic E-state index is 0.0183. The van der Waals surface area contributed by atoms with Gasteiger partial charge in [0.15, 0.2) is 0 Å². The van der Waals surface area contributed by atoms with Crippen molar-refractivity contribution >= 4 is 10.8 Å². The molecule has 0 fully saturated rings. The number of fused-ring (bicyclic) bond motifs is 1. The average Bonchev–Trinajstić information content (AvgIpc) is 2.23. The van der Waals surface area contributed by atoms with Crippen molar-refractivity contribution in [2.75, 3.05) is 0 Å².